The van der Waals surface area contributed by atoms with Gasteiger partial charge in [-0.05, 0) is 42.1 Å². The summed E-state index contributed by atoms with van der Waals surface area (Å²) in [6, 6.07) is 16.9. The molecule has 1 heterocycles. The molecule has 0 unspecified atom stereocenters. The van der Waals surface area contributed by atoms with Crippen LogP contribution >= 0.6 is 11.3 Å². The molecule has 2 amide bonds. The summed E-state index contributed by atoms with van der Waals surface area (Å²) in [7, 11) is 0. The first-order chi connectivity index (χ1) is 12.1. The lowest BCUT2D eigenvalue weighted by molar-refractivity contribution is -0.117. The van der Waals surface area contributed by atoms with E-state index in [-0.39, 0.29) is 5.91 Å². The summed E-state index contributed by atoms with van der Waals surface area (Å²) in [5.41, 5.74) is 3.22. The lowest BCUT2D eigenvalue weighted by atomic mass is 10.1. The molecule has 0 bridgehead atoms. The van der Waals surface area contributed by atoms with Gasteiger partial charge >= 0.3 is 0 Å². The van der Waals surface area contributed by atoms with Gasteiger partial charge in [-0.15, -0.1) is 11.3 Å². The van der Waals surface area contributed by atoms with Gasteiger partial charge in [-0.2, -0.15) is 0 Å². The third-order valence-electron chi connectivity index (χ3n) is 3.81. The molecule has 0 saturated heterocycles. The molecule has 1 aromatic heterocycles. The van der Waals surface area contributed by atoms with E-state index in [1.165, 1.54) is 11.3 Å². The van der Waals surface area contributed by atoms with Crippen LogP contribution in [0, 0.1) is 0 Å². The minimum atomic E-state index is -0.537. The Morgan fingerprint density at radius 3 is 2.52 bits per heavy atom. The predicted octanol–water partition coefficient (Wildman–Crippen LogP) is 4.49. The van der Waals surface area contributed by atoms with Crippen LogP contribution in [0.25, 0.3) is 10.1 Å². The number of hydrogen-bond donors (Lipinski definition) is 2. The van der Waals surface area contributed by atoms with Crippen molar-refractivity contribution in [3.63, 3.8) is 0 Å². The van der Waals surface area contributed by atoms with Crippen molar-refractivity contribution >= 4 is 44.6 Å². The number of benzene rings is 2. The van der Waals surface area contributed by atoms with E-state index in [9.17, 15) is 9.59 Å². The number of fused-ring (bicyclic) bond motifs is 1. The minimum absolute atomic E-state index is 0.0259. The van der Waals surface area contributed by atoms with Crippen LogP contribution in [0.5, 0.6) is 0 Å². The van der Waals surface area contributed by atoms with E-state index in [0.717, 1.165) is 27.9 Å². The number of rotatable bonds is 5. The number of nitrogens with one attached hydrogen (secondary N) is 1. The zero-order chi connectivity index (χ0) is 17.8. The Balaban J connectivity index is 2.06. The fraction of sp³-hybridized carbons (Fsp3) is 0.158. The highest BCUT2D eigenvalue weighted by Crippen LogP contribution is 2.33. The highest BCUT2D eigenvalue weighted by Gasteiger charge is 2.18. The number of para-hydroxylation sites is 1. The second-order valence-electron chi connectivity index (χ2n) is 5.59. The molecule has 0 aliphatic heterocycles. The summed E-state index contributed by atoms with van der Waals surface area (Å²) in [6.45, 7) is 1.98. The molecule has 6 heteroatoms. The Bertz CT molecular complexity index is 905. The van der Waals surface area contributed by atoms with Crippen LogP contribution in [-0.4, -0.2) is 17.0 Å². The van der Waals surface area contributed by atoms with Crippen molar-refractivity contribution in [2.75, 3.05) is 4.90 Å². The molecule has 0 fully saturated rings. The molecular weight excluding hydrogens is 336 g/mol. The largest absolute Gasteiger partial charge is 0.288 e. The Labute approximate surface area is 149 Å². The van der Waals surface area contributed by atoms with Crippen LogP contribution < -0.4 is 10.4 Å². The highest BCUT2D eigenvalue weighted by molar-refractivity contribution is 7.20. The fourth-order valence-electron chi connectivity index (χ4n) is 2.67. The maximum atomic E-state index is 12.7. The normalized spacial score (nSPS) is 10.6. The van der Waals surface area contributed by atoms with Gasteiger partial charge in [0.2, 0.25) is 5.91 Å². The maximum Gasteiger partial charge on any atom is 0.284 e. The molecule has 0 aliphatic carbocycles. The second-order valence-corrected chi connectivity index (χ2v) is 6.67. The molecule has 2 N–H and O–H groups in total. The molecule has 3 rings (SSSR count). The zero-order valence-electron chi connectivity index (χ0n) is 13.7. The van der Waals surface area contributed by atoms with Crippen LogP contribution in [0.15, 0.2) is 54.6 Å². The summed E-state index contributed by atoms with van der Waals surface area (Å²) < 4.78 is 0.876. The van der Waals surface area contributed by atoms with Gasteiger partial charge in [0.25, 0.3) is 5.91 Å². The van der Waals surface area contributed by atoms with E-state index in [0.29, 0.717) is 11.3 Å². The summed E-state index contributed by atoms with van der Waals surface area (Å²) in [5.74, 6) is -0.511. The molecule has 0 saturated carbocycles. The second kappa shape index (κ2) is 7.46. The van der Waals surface area contributed by atoms with E-state index in [4.69, 9.17) is 5.21 Å². The first-order valence-electron chi connectivity index (χ1n) is 8.00. The quantitative estimate of drug-likeness (QED) is 0.524. The molecule has 0 spiro atoms. The van der Waals surface area contributed by atoms with Crippen LogP contribution in [0.2, 0.25) is 0 Å². The SMILES string of the molecule is CCCC(=O)N(c1ccccc1)c1ccc2cc(C(=O)NO)sc2c1. The van der Waals surface area contributed by atoms with Crippen molar-refractivity contribution in [1.82, 2.24) is 5.48 Å². The lowest BCUT2D eigenvalue weighted by Crippen LogP contribution is -2.25. The molecule has 0 atom stereocenters. The molecule has 0 aliphatic rings. The topological polar surface area (TPSA) is 69.6 Å². The van der Waals surface area contributed by atoms with Gasteiger partial charge in [-0.25, -0.2) is 5.48 Å². The van der Waals surface area contributed by atoms with Gasteiger partial charge in [0.1, 0.15) is 0 Å². The number of thiophene rings is 1. The standard InChI is InChI=1S/C19H18N2O3S/c1-2-6-18(22)21(14-7-4-3-5-8-14)15-10-9-13-11-17(19(23)20-24)25-16(13)12-15/h3-5,7-12,24H,2,6H2,1H3,(H,20,23). The van der Waals surface area contributed by atoms with Crippen LogP contribution in [0.1, 0.15) is 29.4 Å². The maximum absolute atomic E-state index is 12.7. The van der Waals surface area contributed by atoms with Gasteiger partial charge in [0.05, 0.1) is 10.6 Å². The number of hydrogen-bond acceptors (Lipinski definition) is 4. The van der Waals surface area contributed by atoms with E-state index in [2.05, 4.69) is 0 Å². The molecule has 128 valence electrons. The van der Waals surface area contributed by atoms with Gasteiger partial charge in [0.15, 0.2) is 0 Å². The monoisotopic (exact) mass is 354 g/mol. The molecule has 3 aromatic rings. The Kier molecular flexibility index (Phi) is 5.11. The lowest BCUT2D eigenvalue weighted by Gasteiger charge is -2.23. The smallest absolute Gasteiger partial charge is 0.284 e. The average molecular weight is 354 g/mol. The van der Waals surface area contributed by atoms with Gasteiger partial charge in [-0.1, -0.05) is 31.2 Å². The average Bonchev–Trinajstić information content (AvgIpc) is 3.06. The number of nitrogens with zero attached hydrogens (tertiary/aromatic N) is 1. The molecular formula is C19H18N2O3S. The molecule has 2 aromatic carbocycles. The Morgan fingerprint density at radius 1 is 1.08 bits per heavy atom. The van der Waals surface area contributed by atoms with Gasteiger partial charge in [-0.3, -0.25) is 19.7 Å². The van der Waals surface area contributed by atoms with Crippen LogP contribution in [0.3, 0.4) is 0 Å². The minimum Gasteiger partial charge on any atom is -0.288 e. The number of anilines is 2. The van der Waals surface area contributed by atoms with Crippen molar-refractivity contribution in [2.24, 2.45) is 0 Å². The van der Waals surface area contributed by atoms with Crippen molar-refractivity contribution in [2.45, 2.75) is 19.8 Å². The summed E-state index contributed by atoms with van der Waals surface area (Å²) in [4.78, 5) is 26.4. The summed E-state index contributed by atoms with van der Waals surface area (Å²) in [6.07, 6.45) is 1.22. The fourth-order valence-corrected chi connectivity index (χ4v) is 3.65. The van der Waals surface area contributed by atoms with Crippen LogP contribution in [0.4, 0.5) is 11.4 Å². The van der Waals surface area contributed by atoms with Gasteiger partial charge in [0, 0.05) is 16.8 Å². The Hall–Kier alpha value is -2.70. The van der Waals surface area contributed by atoms with E-state index >= 15 is 0 Å². The van der Waals surface area contributed by atoms with Crippen molar-refractivity contribution in [1.29, 1.82) is 0 Å². The highest BCUT2D eigenvalue weighted by atomic mass is 32.1. The van der Waals surface area contributed by atoms with E-state index in [1.807, 2.05) is 55.5 Å². The third-order valence-corrected chi connectivity index (χ3v) is 4.91. The number of amides is 2. The first-order valence-corrected chi connectivity index (χ1v) is 8.81. The first kappa shape index (κ1) is 17.1. The molecule has 25 heavy (non-hydrogen) atoms. The van der Waals surface area contributed by atoms with Crippen molar-refractivity contribution in [3.05, 3.63) is 59.5 Å². The third kappa shape index (κ3) is 3.55. The molecule has 5 nitrogen and oxygen atoms in total. The summed E-state index contributed by atoms with van der Waals surface area (Å²) in [5, 5.41) is 9.68. The van der Waals surface area contributed by atoms with E-state index < -0.39 is 5.91 Å². The molecule has 0 radical (unpaired) electrons. The van der Waals surface area contributed by atoms with E-state index in [1.54, 1.807) is 16.4 Å². The predicted molar refractivity (Wildman–Crippen MR) is 99.6 cm³/mol. The van der Waals surface area contributed by atoms with Crippen molar-refractivity contribution < 1.29 is 14.8 Å². The van der Waals surface area contributed by atoms with Gasteiger partial charge < -0.3 is 0 Å². The number of carbonyl (C=O) groups excluding carboxylic acids is 2. The van der Waals surface area contributed by atoms with Crippen molar-refractivity contribution in [3.8, 4) is 0 Å². The number of carbonyl (C=O) groups is 2. The van der Waals surface area contributed by atoms with Crippen LogP contribution in [-0.2, 0) is 4.79 Å². The zero-order valence-corrected chi connectivity index (χ0v) is 14.5. The Morgan fingerprint density at radius 2 is 1.84 bits per heavy atom. The summed E-state index contributed by atoms with van der Waals surface area (Å²) >= 11 is 1.27. The number of hydroxylamine groups is 1.